The van der Waals surface area contributed by atoms with Gasteiger partial charge < -0.3 is 20.3 Å². The Hall–Kier alpha value is -1.26. The van der Waals surface area contributed by atoms with Crippen LogP contribution in [0.4, 0.5) is 0 Å². The number of methoxy groups -OCH3 is 1. The van der Waals surface area contributed by atoms with Crippen LogP contribution in [0.25, 0.3) is 0 Å². The zero-order valence-electron chi connectivity index (χ0n) is 9.77. The van der Waals surface area contributed by atoms with Crippen molar-refractivity contribution in [2.24, 2.45) is 5.73 Å². The highest BCUT2D eigenvalue weighted by atomic mass is 16.5. The van der Waals surface area contributed by atoms with Gasteiger partial charge in [0.05, 0.1) is 13.7 Å². The van der Waals surface area contributed by atoms with Crippen LogP contribution in [0.15, 0.2) is 18.2 Å². The van der Waals surface area contributed by atoms with E-state index in [-0.39, 0.29) is 12.6 Å². The Bertz CT molecular complexity index is 328. The number of hydrogen-bond acceptors (Lipinski definition) is 4. The van der Waals surface area contributed by atoms with E-state index in [9.17, 15) is 0 Å². The minimum Gasteiger partial charge on any atom is -0.493 e. The molecule has 0 amide bonds. The van der Waals surface area contributed by atoms with Crippen molar-refractivity contribution >= 4 is 0 Å². The molecule has 0 saturated heterocycles. The van der Waals surface area contributed by atoms with Crippen LogP contribution in [0.5, 0.6) is 11.5 Å². The van der Waals surface area contributed by atoms with Gasteiger partial charge in [0.1, 0.15) is 0 Å². The third-order valence-corrected chi connectivity index (χ3v) is 2.36. The second kappa shape index (κ2) is 6.35. The molecule has 0 aliphatic heterocycles. The van der Waals surface area contributed by atoms with Crippen molar-refractivity contribution in [1.29, 1.82) is 0 Å². The highest BCUT2D eigenvalue weighted by molar-refractivity contribution is 5.43. The summed E-state index contributed by atoms with van der Waals surface area (Å²) in [5.41, 5.74) is 6.85. The summed E-state index contributed by atoms with van der Waals surface area (Å²) in [6.45, 7) is 2.58. The minimum absolute atomic E-state index is 0.0805. The van der Waals surface area contributed by atoms with Crippen molar-refractivity contribution < 1.29 is 14.6 Å². The molecule has 4 heteroatoms. The Morgan fingerprint density at radius 1 is 1.38 bits per heavy atom. The molecule has 0 heterocycles. The molecule has 1 aromatic carbocycles. The summed E-state index contributed by atoms with van der Waals surface area (Å²) >= 11 is 0. The van der Waals surface area contributed by atoms with Gasteiger partial charge in [0.15, 0.2) is 11.5 Å². The highest BCUT2D eigenvalue weighted by Crippen LogP contribution is 2.30. The van der Waals surface area contributed by atoms with Gasteiger partial charge in [0, 0.05) is 12.6 Å². The molecule has 0 fully saturated rings. The molecule has 3 N–H and O–H groups in total. The lowest BCUT2D eigenvalue weighted by Gasteiger charge is -2.14. The Labute approximate surface area is 96.0 Å². The van der Waals surface area contributed by atoms with Gasteiger partial charge in [-0.05, 0) is 31.0 Å². The zero-order valence-corrected chi connectivity index (χ0v) is 9.77. The highest BCUT2D eigenvalue weighted by Gasteiger charge is 2.10. The molecular formula is C12H19NO3. The van der Waals surface area contributed by atoms with Crippen LogP contribution >= 0.6 is 0 Å². The van der Waals surface area contributed by atoms with E-state index in [1.165, 1.54) is 0 Å². The quantitative estimate of drug-likeness (QED) is 0.769. The maximum absolute atomic E-state index is 8.84. The van der Waals surface area contributed by atoms with Gasteiger partial charge >= 0.3 is 0 Å². The van der Waals surface area contributed by atoms with Crippen molar-refractivity contribution in [1.82, 2.24) is 0 Å². The summed E-state index contributed by atoms with van der Waals surface area (Å²) in [6, 6.07) is 5.41. The molecule has 1 atom stereocenters. The largest absolute Gasteiger partial charge is 0.493 e. The molecular weight excluding hydrogens is 206 g/mol. The van der Waals surface area contributed by atoms with Gasteiger partial charge in [-0.15, -0.1) is 0 Å². The van der Waals surface area contributed by atoms with Gasteiger partial charge in [-0.1, -0.05) is 6.07 Å². The first-order valence-corrected chi connectivity index (χ1v) is 5.40. The van der Waals surface area contributed by atoms with E-state index < -0.39 is 0 Å². The summed E-state index contributed by atoms with van der Waals surface area (Å²) in [4.78, 5) is 0. The first-order valence-electron chi connectivity index (χ1n) is 5.40. The van der Waals surface area contributed by atoms with E-state index in [4.69, 9.17) is 20.3 Å². The maximum Gasteiger partial charge on any atom is 0.161 e. The number of nitrogens with two attached hydrogens (primary N) is 1. The minimum atomic E-state index is -0.171. The van der Waals surface area contributed by atoms with Crippen molar-refractivity contribution in [3.8, 4) is 11.5 Å². The fourth-order valence-corrected chi connectivity index (χ4v) is 1.50. The summed E-state index contributed by atoms with van der Waals surface area (Å²) in [7, 11) is 1.60. The fraction of sp³-hybridized carbons (Fsp3) is 0.500. The van der Waals surface area contributed by atoms with Crippen LogP contribution in [-0.4, -0.2) is 25.4 Å². The van der Waals surface area contributed by atoms with Gasteiger partial charge in [0.2, 0.25) is 0 Å². The molecule has 0 aromatic heterocycles. The van der Waals surface area contributed by atoms with Crippen LogP contribution in [0.2, 0.25) is 0 Å². The lowest BCUT2D eigenvalue weighted by Crippen LogP contribution is -2.12. The number of benzene rings is 1. The topological polar surface area (TPSA) is 64.7 Å². The summed E-state index contributed by atoms with van der Waals surface area (Å²) in [5, 5.41) is 8.84. The third kappa shape index (κ3) is 3.12. The maximum atomic E-state index is 8.84. The predicted molar refractivity (Wildman–Crippen MR) is 62.8 cm³/mol. The molecule has 16 heavy (non-hydrogen) atoms. The molecule has 0 aliphatic rings. The predicted octanol–water partition coefficient (Wildman–Crippen LogP) is 1.48. The van der Waals surface area contributed by atoms with Crippen molar-refractivity contribution in [3.05, 3.63) is 23.8 Å². The molecule has 0 saturated carbocycles. The van der Waals surface area contributed by atoms with Gasteiger partial charge in [-0.3, -0.25) is 0 Å². The van der Waals surface area contributed by atoms with Crippen LogP contribution in [0.1, 0.15) is 24.9 Å². The molecule has 0 bridgehead atoms. The second-order valence-electron chi connectivity index (χ2n) is 3.46. The van der Waals surface area contributed by atoms with E-state index in [1.54, 1.807) is 7.11 Å². The van der Waals surface area contributed by atoms with E-state index in [2.05, 4.69) is 0 Å². The average molecular weight is 225 g/mol. The van der Waals surface area contributed by atoms with Crippen molar-refractivity contribution in [2.75, 3.05) is 20.3 Å². The summed E-state index contributed by atoms with van der Waals surface area (Å²) < 4.78 is 10.6. The normalized spacial score (nSPS) is 12.2. The Morgan fingerprint density at radius 3 is 2.69 bits per heavy atom. The van der Waals surface area contributed by atoms with Gasteiger partial charge in [-0.2, -0.15) is 0 Å². The molecule has 4 nitrogen and oxygen atoms in total. The lowest BCUT2D eigenvalue weighted by molar-refractivity contribution is 0.276. The van der Waals surface area contributed by atoms with E-state index in [1.807, 2.05) is 25.1 Å². The van der Waals surface area contributed by atoms with Crippen LogP contribution in [0.3, 0.4) is 0 Å². The molecule has 90 valence electrons. The molecule has 0 radical (unpaired) electrons. The van der Waals surface area contributed by atoms with E-state index in [0.29, 0.717) is 24.5 Å². The Morgan fingerprint density at radius 2 is 2.12 bits per heavy atom. The monoisotopic (exact) mass is 225 g/mol. The average Bonchev–Trinajstić information content (AvgIpc) is 2.29. The zero-order chi connectivity index (χ0) is 12.0. The van der Waals surface area contributed by atoms with Gasteiger partial charge in [0.25, 0.3) is 0 Å². The van der Waals surface area contributed by atoms with Gasteiger partial charge in [-0.25, -0.2) is 0 Å². The molecule has 0 spiro atoms. The number of aliphatic hydroxyl groups is 1. The smallest absolute Gasteiger partial charge is 0.161 e. The third-order valence-electron chi connectivity index (χ3n) is 2.36. The van der Waals surface area contributed by atoms with E-state index in [0.717, 1.165) is 5.56 Å². The van der Waals surface area contributed by atoms with Crippen LogP contribution in [0, 0.1) is 0 Å². The van der Waals surface area contributed by atoms with E-state index >= 15 is 0 Å². The van der Waals surface area contributed by atoms with Crippen molar-refractivity contribution in [2.45, 2.75) is 19.4 Å². The number of aliphatic hydroxyl groups excluding tert-OH is 1. The molecule has 0 aliphatic carbocycles. The summed E-state index contributed by atoms with van der Waals surface area (Å²) in [6.07, 6.45) is 0.540. The fourth-order valence-electron chi connectivity index (χ4n) is 1.50. The number of ether oxygens (including phenoxy) is 2. The molecule has 0 unspecified atom stereocenters. The first-order chi connectivity index (χ1) is 7.72. The molecule has 1 rings (SSSR count). The standard InChI is InChI=1S/C12H19NO3/c1-3-16-12-8-9(10(13)6-7-14)4-5-11(12)15-2/h4-5,8,10,14H,3,6-7,13H2,1-2H3/t10-/m0/s1. The second-order valence-corrected chi connectivity index (χ2v) is 3.46. The lowest BCUT2D eigenvalue weighted by atomic mass is 10.0. The van der Waals surface area contributed by atoms with Crippen molar-refractivity contribution in [3.63, 3.8) is 0 Å². The van der Waals surface area contributed by atoms with Crippen LogP contribution in [-0.2, 0) is 0 Å². The summed E-state index contributed by atoms with van der Waals surface area (Å²) in [5.74, 6) is 1.39. The SMILES string of the molecule is CCOc1cc([C@@H](N)CCO)ccc1OC. The Kier molecular flexibility index (Phi) is 5.08. The molecule has 1 aromatic rings. The number of hydrogen-bond donors (Lipinski definition) is 2. The van der Waals surface area contributed by atoms with Crippen LogP contribution < -0.4 is 15.2 Å². The first kappa shape index (κ1) is 12.8. The Balaban J connectivity index is 2.91. The number of rotatable bonds is 6.